The van der Waals surface area contributed by atoms with Crippen LogP contribution in [0, 0.1) is 0 Å². The fourth-order valence-electron chi connectivity index (χ4n) is 0.491. The van der Waals surface area contributed by atoms with Gasteiger partial charge in [0.2, 0.25) is 0 Å². The Labute approximate surface area is 67.4 Å². The molecular weight excluding hydrogens is 170 g/mol. The van der Waals surface area contributed by atoms with Crippen LogP contribution in [0.1, 0.15) is 0 Å². The molecule has 0 aliphatic heterocycles. The van der Waals surface area contributed by atoms with Crippen LogP contribution < -0.4 is 0 Å². The number of rotatable bonds is 2. The maximum atomic E-state index is 4.19. The molecule has 50 valence electrons. The van der Waals surface area contributed by atoms with Gasteiger partial charge in [0.1, 0.15) is 5.03 Å². The Morgan fingerprint density at radius 2 is 2.22 bits per heavy atom. The monoisotopic (exact) mass is 177 g/mol. The second-order valence-electron chi connectivity index (χ2n) is 1.39. The SMILES string of the molecule is CSc1csnc1SC. The van der Waals surface area contributed by atoms with Gasteiger partial charge in [0.05, 0.1) is 4.90 Å². The Bertz CT molecular complexity index is 166. The highest BCUT2D eigenvalue weighted by molar-refractivity contribution is 8.01. The molecule has 0 fully saturated rings. The lowest BCUT2D eigenvalue weighted by Crippen LogP contribution is -1.68. The normalized spacial score (nSPS) is 10.0. The summed E-state index contributed by atoms with van der Waals surface area (Å²) in [4.78, 5) is 1.30. The van der Waals surface area contributed by atoms with Gasteiger partial charge < -0.3 is 0 Å². The molecule has 0 radical (unpaired) electrons. The van der Waals surface area contributed by atoms with Crippen LogP contribution in [0.2, 0.25) is 0 Å². The summed E-state index contributed by atoms with van der Waals surface area (Å²) in [5, 5.41) is 3.24. The molecule has 0 saturated carbocycles. The molecule has 0 atom stereocenters. The van der Waals surface area contributed by atoms with E-state index in [2.05, 4.69) is 22.3 Å². The van der Waals surface area contributed by atoms with Crippen LogP contribution in [0.15, 0.2) is 15.3 Å². The number of aromatic nitrogens is 1. The second kappa shape index (κ2) is 3.49. The molecule has 0 bridgehead atoms. The first-order valence-corrected chi connectivity index (χ1v) is 5.69. The van der Waals surface area contributed by atoms with Crippen molar-refractivity contribution in [2.24, 2.45) is 0 Å². The van der Waals surface area contributed by atoms with Crippen molar-refractivity contribution < 1.29 is 0 Å². The van der Waals surface area contributed by atoms with E-state index < -0.39 is 0 Å². The molecule has 1 heterocycles. The second-order valence-corrected chi connectivity index (χ2v) is 3.66. The van der Waals surface area contributed by atoms with Gasteiger partial charge in [-0.15, -0.1) is 23.5 Å². The summed E-state index contributed by atoms with van der Waals surface area (Å²) < 4.78 is 4.19. The van der Waals surface area contributed by atoms with Crippen LogP contribution in [0.5, 0.6) is 0 Å². The summed E-state index contributed by atoms with van der Waals surface area (Å²) in [5.41, 5.74) is 0. The van der Waals surface area contributed by atoms with Crippen LogP contribution in [-0.4, -0.2) is 16.9 Å². The number of hydrogen-bond donors (Lipinski definition) is 0. The molecule has 1 aromatic rings. The zero-order valence-corrected chi connectivity index (χ0v) is 7.70. The summed E-state index contributed by atoms with van der Waals surface area (Å²) in [6.07, 6.45) is 4.12. The average molecular weight is 177 g/mol. The molecule has 0 aliphatic rings. The molecule has 0 aliphatic carbocycles. The van der Waals surface area contributed by atoms with Crippen molar-refractivity contribution in [3.8, 4) is 0 Å². The number of thioether (sulfide) groups is 2. The van der Waals surface area contributed by atoms with Gasteiger partial charge in [-0.25, -0.2) is 0 Å². The highest BCUT2D eigenvalue weighted by Crippen LogP contribution is 2.27. The van der Waals surface area contributed by atoms with Crippen LogP contribution >= 0.6 is 35.1 Å². The van der Waals surface area contributed by atoms with Crippen molar-refractivity contribution in [2.45, 2.75) is 9.92 Å². The van der Waals surface area contributed by atoms with E-state index in [-0.39, 0.29) is 0 Å². The van der Waals surface area contributed by atoms with E-state index in [1.54, 1.807) is 23.5 Å². The largest absolute Gasteiger partial charge is 0.185 e. The standard InChI is InChI=1S/C5H7NS3/c1-7-4-3-9-6-5(4)8-2/h3H,1-2H3. The minimum absolute atomic E-state index is 1.16. The molecule has 1 nitrogen and oxygen atoms in total. The van der Waals surface area contributed by atoms with Crippen molar-refractivity contribution in [2.75, 3.05) is 12.5 Å². The summed E-state index contributed by atoms with van der Waals surface area (Å²) in [5.74, 6) is 0. The molecule has 0 amide bonds. The van der Waals surface area contributed by atoms with Gasteiger partial charge in [0, 0.05) is 5.38 Å². The van der Waals surface area contributed by atoms with Gasteiger partial charge in [-0.2, -0.15) is 4.37 Å². The van der Waals surface area contributed by atoms with E-state index in [0.717, 1.165) is 5.03 Å². The first-order valence-electron chi connectivity index (χ1n) is 2.41. The van der Waals surface area contributed by atoms with Crippen LogP contribution in [0.25, 0.3) is 0 Å². The zero-order chi connectivity index (χ0) is 6.69. The van der Waals surface area contributed by atoms with Gasteiger partial charge in [0.15, 0.2) is 0 Å². The lowest BCUT2D eigenvalue weighted by molar-refractivity contribution is 1.17. The van der Waals surface area contributed by atoms with Crippen molar-refractivity contribution >= 4 is 35.1 Å². The molecule has 9 heavy (non-hydrogen) atoms. The highest BCUT2D eigenvalue weighted by atomic mass is 32.2. The van der Waals surface area contributed by atoms with E-state index in [0.29, 0.717) is 0 Å². The lowest BCUT2D eigenvalue weighted by atomic mass is 10.8. The molecule has 0 N–H and O–H groups in total. The van der Waals surface area contributed by atoms with E-state index >= 15 is 0 Å². The molecule has 0 spiro atoms. The zero-order valence-electron chi connectivity index (χ0n) is 5.25. The number of nitrogens with zero attached hydrogens (tertiary/aromatic N) is 1. The third kappa shape index (κ3) is 1.63. The van der Waals surface area contributed by atoms with Crippen molar-refractivity contribution in [3.63, 3.8) is 0 Å². The van der Waals surface area contributed by atoms with Gasteiger partial charge >= 0.3 is 0 Å². The van der Waals surface area contributed by atoms with E-state index in [9.17, 15) is 0 Å². The molecule has 0 unspecified atom stereocenters. The maximum Gasteiger partial charge on any atom is 0.123 e. The Kier molecular flexibility index (Phi) is 2.88. The molecule has 1 rings (SSSR count). The van der Waals surface area contributed by atoms with Crippen LogP contribution in [0.3, 0.4) is 0 Å². The topological polar surface area (TPSA) is 12.9 Å². The van der Waals surface area contributed by atoms with Gasteiger partial charge in [-0.3, -0.25) is 0 Å². The van der Waals surface area contributed by atoms with Crippen molar-refractivity contribution in [1.82, 2.24) is 4.37 Å². The fraction of sp³-hybridized carbons (Fsp3) is 0.400. The smallest absolute Gasteiger partial charge is 0.123 e. The lowest BCUT2D eigenvalue weighted by Gasteiger charge is -1.90. The Morgan fingerprint density at radius 3 is 2.67 bits per heavy atom. The summed E-state index contributed by atoms with van der Waals surface area (Å²) in [6, 6.07) is 0. The quantitative estimate of drug-likeness (QED) is 0.644. The molecule has 0 aromatic carbocycles. The predicted molar refractivity (Wildman–Crippen MR) is 45.7 cm³/mol. The molecule has 0 saturated heterocycles. The maximum absolute atomic E-state index is 4.19. The highest BCUT2D eigenvalue weighted by Gasteiger charge is 2.00. The van der Waals surface area contributed by atoms with E-state index in [1.165, 1.54) is 16.4 Å². The summed E-state index contributed by atoms with van der Waals surface area (Å²) in [7, 11) is 0. The van der Waals surface area contributed by atoms with Crippen LogP contribution in [-0.2, 0) is 0 Å². The Morgan fingerprint density at radius 1 is 1.44 bits per heavy atom. The Hall–Kier alpha value is 0.330. The Balaban J connectivity index is 2.85. The van der Waals surface area contributed by atoms with Gasteiger partial charge in [-0.1, -0.05) is 0 Å². The molecular formula is C5H7NS3. The first-order chi connectivity index (χ1) is 4.38. The van der Waals surface area contributed by atoms with Crippen LogP contribution in [0.4, 0.5) is 0 Å². The fourth-order valence-corrected chi connectivity index (χ4v) is 3.00. The average Bonchev–Trinajstić information content (AvgIpc) is 2.33. The summed E-state index contributed by atoms with van der Waals surface area (Å²) >= 11 is 4.98. The third-order valence-corrected chi connectivity index (χ3v) is 3.39. The molecule has 4 heteroatoms. The van der Waals surface area contributed by atoms with E-state index in [1.807, 2.05) is 0 Å². The molecule has 1 aromatic heterocycles. The third-order valence-electron chi connectivity index (χ3n) is 0.919. The minimum Gasteiger partial charge on any atom is -0.185 e. The first kappa shape index (κ1) is 7.44. The summed E-state index contributed by atoms with van der Waals surface area (Å²) in [6.45, 7) is 0. The minimum atomic E-state index is 1.16. The van der Waals surface area contributed by atoms with Gasteiger partial charge in [0.25, 0.3) is 0 Å². The van der Waals surface area contributed by atoms with Crippen molar-refractivity contribution in [1.29, 1.82) is 0 Å². The van der Waals surface area contributed by atoms with E-state index in [4.69, 9.17) is 0 Å². The number of hydrogen-bond acceptors (Lipinski definition) is 4. The van der Waals surface area contributed by atoms with Gasteiger partial charge in [-0.05, 0) is 24.0 Å². The predicted octanol–water partition coefficient (Wildman–Crippen LogP) is 2.59. The van der Waals surface area contributed by atoms with Crippen molar-refractivity contribution in [3.05, 3.63) is 5.38 Å².